The molecule has 0 radical (unpaired) electrons. The summed E-state index contributed by atoms with van der Waals surface area (Å²) in [6.07, 6.45) is 2.73. The van der Waals surface area contributed by atoms with Gasteiger partial charge in [0.05, 0.1) is 17.6 Å². The number of aryl methyl sites for hydroxylation is 2. The summed E-state index contributed by atoms with van der Waals surface area (Å²) in [5.41, 5.74) is 4.70. The Hall–Kier alpha value is -2.63. The molecule has 1 unspecified atom stereocenters. The standard InChI is InChI=1S/C24H24Cl2N2O3/c1-6-15(7-2)24(26,18-10-8-13(3)27-14(18)4)16-9-11-19-17(12-16)21(25)20(23(29)30)22(28-19)31-5/h6,8-12H,7H2,1-5H3,(H,29,30)/b15-6+. The molecule has 7 heteroatoms. The molecule has 0 saturated carbocycles. The maximum Gasteiger partial charge on any atom is 0.342 e. The van der Waals surface area contributed by atoms with E-state index in [0.717, 1.165) is 34.5 Å². The molecule has 0 aliphatic rings. The van der Waals surface area contributed by atoms with Gasteiger partial charge < -0.3 is 9.84 Å². The number of fused-ring (bicyclic) bond motifs is 1. The van der Waals surface area contributed by atoms with Crippen molar-refractivity contribution in [3.63, 3.8) is 0 Å². The number of carbonyl (C=O) groups is 1. The number of hydrogen-bond donors (Lipinski definition) is 1. The molecule has 0 spiro atoms. The van der Waals surface area contributed by atoms with Gasteiger partial charge in [0.25, 0.3) is 0 Å². The van der Waals surface area contributed by atoms with Crippen LogP contribution in [0.1, 0.15) is 53.1 Å². The summed E-state index contributed by atoms with van der Waals surface area (Å²) in [5.74, 6) is -1.24. The minimum Gasteiger partial charge on any atom is -0.480 e. The highest BCUT2D eigenvalue weighted by Crippen LogP contribution is 2.47. The third kappa shape index (κ3) is 3.88. The predicted octanol–water partition coefficient (Wildman–Crippen LogP) is 6.45. The van der Waals surface area contributed by atoms with E-state index in [1.165, 1.54) is 7.11 Å². The van der Waals surface area contributed by atoms with Gasteiger partial charge in [-0.25, -0.2) is 9.78 Å². The fourth-order valence-corrected chi connectivity index (χ4v) is 4.83. The zero-order chi connectivity index (χ0) is 22.9. The van der Waals surface area contributed by atoms with Gasteiger partial charge >= 0.3 is 5.97 Å². The van der Waals surface area contributed by atoms with Gasteiger partial charge in [0.15, 0.2) is 0 Å². The van der Waals surface area contributed by atoms with Gasteiger partial charge in [-0.15, -0.1) is 11.6 Å². The average Bonchev–Trinajstić information content (AvgIpc) is 2.73. The van der Waals surface area contributed by atoms with Crippen molar-refractivity contribution < 1.29 is 14.6 Å². The Bertz CT molecular complexity index is 1210. The SMILES string of the molecule is C/C=C(\CC)C(Cl)(c1ccc2nc(OC)c(C(=O)O)c(Cl)c2c1)c1ccc(C)nc1C. The van der Waals surface area contributed by atoms with Crippen LogP contribution in [0.15, 0.2) is 42.0 Å². The van der Waals surface area contributed by atoms with Crippen LogP contribution in [0.4, 0.5) is 0 Å². The number of aromatic carboxylic acids is 1. The van der Waals surface area contributed by atoms with E-state index >= 15 is 0 Å². The van der Waals surface area contributed by atoms with Gasteiger partial charge in [-0.2, -0.15) is 0 Å². The Morgan fingerprint density at radius 2 is 1.94 bits per heavy atom. The number of pyridine rings is 2. The van der Waals surface area contributed by atoms with E-state index in [1.54, 1.807) is 6.07 Å². The molecule has 1 aromatic carbocycles. The van der Waals surface area contributed by atoms with E-state index in [1.807, 2.05) is 58.0 Å². The van der Waals surface area contributed by atoms with Gasteiger partial charge in [0.1, 0.15) is 10.4 Å². The molecule has 5 nitrogen and oxygen atoms in total. The smallest absolute Gasteiger partial charge is 0.342 e. The van der Waals surface area contributed by atoms with E-state index in [0.29, 0.717) is 10.9 Å². The highest BCUT2D eigenvalue weighted by Gasteiger charge is 2.37. The van der Waals surface area contributed by atoms with Gasteiger partial charge in [0.2, 0.25) is 5.88 Å². The largest absolute Gasteiger partial charge is 0.480 e. The second-order valence-electron chi connectivity index (χ2n) is 7.26. The molecule has 0 aliphatic heterocycles. The molecule has 0 bridgehead atoms. The van der Waals surface area contributed by atoms with Crippen LogP contribution in [-0.2, 0) is 4.87 Å². The van der Waals surface area contributed by atoms with Crippen molar-refractivity contribution in [2.24, 2.45) is 0 Å². The molecule has 2 heterocycles. The number of allylic oxidation sites excluding steroid dienone is 2. The first kappa shape index (κ1) is 23.0. The maximum atomic E-state index is 11.8. The van der Waals surface area contributed by atoms with Crippen LogP contribution in [0.2, 0.25) is 5.02 Å². The van der Waals surface area contributed by atoms with Crippen LogP contribution >= 0.6 is 23.2 Å². The first-order chi connectivity index (χ1) is 14.7. The van der Waals surface area contributed by atoms with E-state index in [2.05, 4.69) is 9.97 Å². The third-order valence-corrected chi connectivity index (χ3v) is 6.52. The fourth-order valence-electron chi connectivity index (χ4n) is 3.96. The Labute approximate surface area is 191 Å². The minimum absolute atomic E-state index is 0.0313. The highest BCUT2D eigenvalue weighted by atomic mass is 35.5. The fraction of sp³-hybridized carbons (Fsp3) is 0.292. The lowest BCUT2D eigenvalue weighted by molar-refractivity contribution is 0.0693. The molecular weight excluding hydrogens is 435 g/mol. The van der Waals surface area contributed by atoms with Crippen LogP contribution in [0.3, 0.4) is 0 Å². The van der Waals surface area contributed by atoms with Crippen LogP contribution in [0, 0.1) is 13.8 Å². The molecule has 162 valence electrons. The number of rotatable bonds is 6. The lowest BCUT2D eigenvalue weighted by Gasteiger charge is -2.32. The molecule has 31 heavy (non-hydrogen) atoms. The minimum atomic E-state index is -1.21. The van der Waals surface area contributed by atoms with Gasteiger partial charge in [-0.1, -0.05) is 36.7 Å². The zero-order valence-electron chi connectivity index (χ0n) is 18.1. The molecule has 0 saturated heterocycles. The summed E-state index contributed by atoms with van der Waals surface area (Å²) in [4.78, 5) is 19.7. The second-order valence-corrected chi connectivity index (χ2v) is 8.20. The number of ether oxygens (including phenoxy) is 1. The number of nitrogens with zero attached hydrogens (tertiary/aromatic N) is 2. The first-order valence-corrected chi connectivity index (χ1v) is 10.6. The lowest BCUT2D eigenvalue weighted by atomic mass is 9.81. The van der Waals surface area contributed by atoms with Crippen molar-refractivity contribution in [2.45, 2.75) is 39.0 Å². The van der Waals surface area contributed by atoms with Crippen molar-refractivity contribution in [3.8, 4) is 5.88 Å². The van der Waals surface area contributed by atoms with Gasteiger partial charge in [-0.05, 0) is 56.5 Å². The van der Waals surface area contributed by atoms with Crippen molar-refractivity contribution >= 4 is 40.1 Å². The summed E-state index contributed by atoms with van der Waals surface area (Å²) < 4.78 is 5.14. The van der Waals surface area contributed by atoms with Gasteiger partial charge in [-0.3, -0.25) is 4.98 Å². The Kier molecular flexibility index (Phi) is 6.58. The first-order valence-electron chi connectivity index (χ1n) is 9.89. The number of aromatic nitrogens is 2. The summed E-state index contributed by atoms with van der Waals surface area (Å²) >= 11 is 13.9. The summed E-state index contributed by atoms with van der Waals surface area (Å²) in [7, 11) is 1.36. The molecule has 0 amide bonds. The molecule has 1 atom stereocenters. The second kappa shape index (κ2) is 8.85. The molecular formula is C24H24Cl2N2O3. The number of halogens is 2. The molecule has 2 aromatic heterocycles. The average molecular weight is 459 g/mol. The topological polar surface area (TPSA) is 72.3 Å². The molecule has 0 fully saturated rings. The number of carboxylic acids is 1. The number of hydrogen-bond acceptors (Lipinski definition) is 4. The van der Waals surface area contributed by atoms with Crippen LogP contribution in [0.25, 0.3) is 10.9 Å². The van der Waals surface area contributed by atoms with Crippen molar-refractivity contribution in [1.82, 2.24) is 9.97 Å². The van der Waals surface area contributed by atoms with Crippen LogP contribution in [-0.4, -0.2) is 28.2 Å². The van der Waals surface area contributed by atoms with E-state index < -0.39 is 10.8 Å². The lowest BCUT2D eigenvalue weighted by Crippen LogP contribution is -2.25. The predicted molar refractivity (Wildman–Crippen MR) is 125 cm³/mol. The third-order valence-electron chi connectivity index (χ3n) is 5.46. The number of carboxylic acid groups (broad SMARTS) is 1. The highest BCUT2D eigenvalue weighted by molar-refractivity contribution is 6.38. The quantitative estimate of drug-likeness (QED) is 0.339. The monoisotopic (exact) mass is 458 g/mol. The number of methoxy groups -OCH3 is 1. The van der Waals surface area contributed by atoms with Crippen molar-refractivity contribution in [3.05, 3.63) is 75.1 Å². The maximum absolute atomic E-state index is 11.8. The number of alkyl halides is 1. The Balaban J connectivity index is 2.38. The summed E-state index contributed by atoms with van der Waals surface area (Å²) in [6.45, 7) is 7.87. The van der Waals surface area contributed by atoms with Gasteiger partial charge in [0, 0.05) is 22.3 Å². The molecule has 0 aliphatic carbocycles. The summed E-state index contributed by atoms with van der Waals surface area (Å²) in [6, 6.07) is 9.40. The molecule has 3 aromatic rings. The van der Waals surface area contributed by atoms with Crippen LogP contribution in [0.5, 0.6) is 5.88 Å². The van der Waals surface area contributed by atoms with E-state index in [9.17, 15) is 9.90 Å². The normalized spacial score (nSPS) is 13.8. The Morgan fingerprint density at radius 3 is 2.48 bits per heavy atom. The van der Waals surface area contributed by atoms with Crippen molar-refractivity contribution in [1.29, 1.82) is 0 Å². The van der Waals surface area contributed by atoms with E-state index in [4.69, 9.17) is 27.9 Å². The number of benzene rings is 1. The molecule has 1 N–H and O–H groups in total. The molecule has 3 rings (SSSR count). The van der Waals surface area contributed by atoms with E-state index in [-0.39, 0.29) is 16.5 Å². The Morgan fingerprint density at radius 1 is 1.23 bits per heavy atom. The van der Waals surface area contributed by atoms with Crippen LogP contribution < -0.4 is 4.74 Å². The van der Waals surface area contributed by atoms with Crippen molar-refractivity contribution in [2.75, 3.05) is 7.11 Å². The zero-order valence-corrected chi connectivity index (χ0v) is 19.6. The summed E-state index contributed by atoms with van der Waals surface area (Å²) in [5, 5.41) is 10.2.